The van der Waals surface area contributed by atoms with Gasteiger partial charge in [0.15, 0.2) is 0 Å². The van der Waals surface area contributed by atoms with Crippen molar-refractivity contribution in [3.8, 4) is 5.75 Å². The van der Waals surface area contributed by atoms with E-state index in [1.54, 1.807) is 11.3 Å². The minimum absolute atomic E-state index is 0.0159. The average Bonchev–Trinajstić information content (AvgIpc) is 2.80. The van der Waals surface area contributed by atoms with Crippen LogP contribution < -0.4 is 4.74 Å². The number of aliphatic hydroxyl groups is 1. The van der Waals surface area contributed by atoms with Crippen LogP contribution in [-0.4, -0.2) is 5.11 Å². The average molecular weight is 378 g/mol. The zero-order valence-corrected chi connectivity index (χ0v) is 12.8. The summed E-state index contributed by atoms with van der Waals surface area (Å²) < 4.78 is 7.42. The van der Waals surface area contributed by atoms with Gasteiger partial charge in [0.2, 0.25) is 0 Å². The number of thiophene rings is 1. The van der Waals surface area contributed by atoms with Crippen LogP contribution in [0.1, 0.15) is 11.1 Å². The van der Waals surface area contributed by atoms with E-state index in [2.05, 4.69) is 37.2 Å². The van der Waals surface area contributed by atoms with Crippen LogP contribution in [0.15, 0.2) is 37.9 Å². The minimum Gasteiger partial charge on any atom is -0.487 e. The lowest BCUT2D eigenvalue weighted by Gasteiger charge is -2.11. The Bertz CT molecular complexity index is 474. The first kappa shape index (κ1) is 13.1. The van der Waals surface area contributed by atoms with Gasteiger partial charge in [0.25, 0.3) is 0 Å². The summed E-state index contributed by atoms with van der Waals surface area (Å²) in [7, 11) is 0. The lowest BCUT2D eigenvalue weighted by Crippen LogP contribution is -1.96. The third-order valence-electron chi connectivity index (χ3n) is 2.20. The van der Waals surface area contributed by atoms with Crippen LogP contribution in [0.25, 0.3) is 0 Å². The third kappa shape index (κ3) is 3.31. The fourth-order valence-electron chi connectivity index (χ4n) is 1.37. The van der Waals surface area contributed by atoms with E-state index in [0.717, 1.165) is 25.8 Å². The molecule has 0 spiro atoms. The first-order valence-corrected chi connectivity index (χ1v) is 7.46. The Morgan fingerprint density at radius 1 is 1.18 bits per heavy atom. The number of aliphatic hydroxyl groups excluding tert-OH is 1. The predicted octanol–water partition coefficient (Wildman–Crippen LogP) is 4.34. The summed E-state index contributed by atoms with van der Waals surface area (Å²) in [5.41, 5.74) is 1.99. The molecule has 2 rings (SSSR count). The lowest BCUT2D eigenvalue weighted by atomic mass is 10.2. The van der Waals surface area contributed by atoms with E-state index < -0.39 is 0 Å². The Morgan fingerprint density at radius 2 is 1.88 bits per heavy atom. The van der Waals surface area contributed by atoms with Crippen molar-refractivity contribution in [2.75, 3.05) is 0 Å². The van der Waals surface area contributed by atoms with Crippen molar-refractivity contribution in [1.29, 1.82) is 0 Å². The molecule has 1 N–H and O–H groups in total. The largest absolute Gasteiger partial charge is 0.487 e. The number of benzene rings is 1. The molecule has 1 aromatic carbocycles. The van der Waals surface area contributed by atoms with E-state index in [-0.39, 0.29) is 6.61 Å². The second-order valence-corrected chi connectivity index (χ2v) is 5.96. The molecular formula is C12H10Br2O2S. The second-order valence-electron chi connectivity index (χ2n) is 3.47. The van der Waals surface area contributed by atoms with Crippen LogP contribution in [0, 0.1) is 0 Å². The number of ether oxygens (including phenoxy) is 1. The van der Waals surface area contributed by atoms with Gasteiger partial charge in [-0.25, -0.2) is 0 Å². The van der Waals surface area contributed by atoms with Crippen molar-refractivity contribution >= 4 is 43.2 Å². The Kier molecular flexibility index (Phi) is 4.62. The number of halogens is 2. The second kappa shape index (κ2) is 6.00. The van der Waals surface area contributed by atoms with Gasteiger partial charge >= 0.3 is 0 Å². The van der Waals surface area contributed by atoms with Crippen molar-refractivity contribution in [1.82, 2.24) is 0 Å². The van der Waals surface area contributed by atoms with Crippen molar-refractivity contribution < 1.29 is 9.84 Å². The van der Waals surface area contributed by atoms with E-state index in [0.29, 0.717) is 6.61 Å². The summed E-state index contributed by atoms with van der Waals surface area (Å²) in [4.78, 5) is 0. The van der Waals surface area contributed by atoms with E-state index in [1.165, 1.54) is 0 Å². The fourth-order valence-corrected chi connectivity index (χ4v) is 3.54. The molecule has 0 aliphatic carbocycles. The maximum Gasteiger partial charge on any atom is 0.148 e. The van der Waals surface area contributed by atoms with Crippen LogP contribution in [0.2, 0.25) is 0 Å². The smallest absolute Gasteiger partial charge is 0.148 e. The highest BCUT2D eigenvalue weighted by atomic mass is 79.9. The SMILES string of the molecule is OCc1cc(Br)c(OCc2ccsc2)c(Br)c1. The van der Waals surface area contributed by atoms with Crippen LogP contribution in [0.5, 0.6) is 5.75 Å². The summed E-state index contributed by atoms with van der Waals surface area (Å²) in [5, 5.41) is 13.2. The quantitative estimate of drug-likeness (QED) is 0.858. The van der Waals surface area contributed by atoms with Gasteiger partial charge in [0, 0.05) is 0 Å². The highest BCUT2D eigenvalue weighted by Crippen LogP contribution is 2.35. The molecule has 0 aliphatic heterocycles. The molecule has 0 radical (unpaired) electrons. The van der Waals surface area contributed by atoms with Crippen LogP contribution in [-0.2, 0) is 13.2 Å². The van der Waals surface area contributed by atoms with Gasteiger partial charge in [-0.1, -0.05) is 0 Å². The highest BCUT2D eigenvalue weighted by Gasteiger charge is 2.09. The maximum absolute atomic E-state index is 9.08. The fraction of sp³-hybridized carbons (Fsp3) is 0.167. The van der Waals surface area contributed by atoms with Gasteiger partial charge < -0.3 is 9.84 Å². The number of hydrogen-bond acceptors (Lipinski definition) is 3. The molecule has 0 bridgehead atoms. The molecule has 0 atom stereocenters. The molecular weight excluding hydrogens is 368 g/mol. The zero-order chi connectivity index (χ0) is 12.3. The Morgan fingerprint density at radius 3 is 2.41 bits per heavy atom. The van der Waals surface area contributed by atoms with Crippen molar-refractivity contribution in [2.24, 2.45) is 0 Å². The van der Waals surface area contributed by atoms with E-state index in [1.807, 2.05) is 23.6 Å². The summed E-state index contributed by atoms with van der Waals surface area (Å²) in [6, 6.07) is 5.75. The Labute approximate surface area is 121 Å². The third-order valence-corrected chi connectivity index (χ3v) is 4.11. The Hall–Kier alpha value is -0.360. The normalized spacial score (nSPS) is 10.5. The summed E-state index contributed by atoms with van der Waals surface area (Å²) in [5.74, 6) is 0.758. The molecule has 0 unspecified atom stereocenters. The van der Waals surface area contributed by atoms with Crippen molar-refractivity contribution in [3.63, 3.8) is 0 Å². The molecule has 2 nitrogen and oxygen atoms in total. The number of rotatable bonds is 4. The molecule has 0 saturated heterocycles. The summed E-state index contributed by atoms with van der Waals surface area (Å²) >= 11 is 8.53. The maximum atomic E-state index is 9.08. The molecule has 90 valence electrons. The van der Waals surface area contributed by atoms with Crippen molar-refractivity contribution in [2.45, 2.75) is 13.2 Å². The number of hydrogen-bond donors (Lipinski definition) is 1. The summed E-state index contributed by atoms with van der Waals surface area (Å²) in [6.45, 7) is 0.557. The topological polar surface area (TPSA) is 29.5 Å². The molecule has 5 heteroatoms. The predicted molar refractivity (Wildman–Crippen MR) is 76.4 cm³/mol. The van der Waals surface area contributed by atoms with Gasteiger partial charge in [-0.15, -0.1) is 0 Å². The Balaban J connectivity index is 2.15. The van der Waals surface area contributed by atoms with E-state index in [9.17, 15) is 0 Å². The van der Waals surface area contributed by atoms with Crippen LogP contribution in [0.4, 0.5) is 0 Å². The highest BCUT2D eigenvalue weighted by molar-refractivity contribution is 9.11. The molecule has 17 heavy (non-hydrogen) atoms. The molecule has 0 amide bonds. The lowest BCUT2D eigenvalue weighted by molar-refractivity contribution is 0.280. The van der Waals surface area contributed by atoms with Gasteiger partial charge in [-0.2, -0.15) is 11.3 Å². The van der Waals surface area contributed by atoms with Crippen LogP contribution >= 0.6 is 43.2 Å². The molecule has 0 saturated carbocycles. The van der Waals surface area contributed by atoms with Crippen LogP contribution in [0.3, 0.4) is 0 Å². The van der Waals surface area contributed by atoms with Crippen molar-refractivity contribution in [3.05, 3.63) is 49.0 Å². The van der Waals surface area contributed by atoms with Gasteiger partial charge in [-0.3, -0.25) is 0 Å². The summed E-state index contributed by atoms with van der Waals surface area (Å²) in [6.07, 6.45) is 0. The molecule has 0 aliphatic rings. The first-order valence-electron chi connectivity index (χ1n) is 4.93. The van der Waals surface area contributed by atoms with Gasteiger partial charge in [0.1, 0.15) is 12.4 Å². The monoisotopic (exact) mass is 376 g/mol. The van der Waals surface area contributed by atoms with Gasteiger partial charge in [0.05, 0.1) is 15.6 Å². The molecule has 1 aromatic heterocycles. The molecule has 1 heterocycles. The van der Waals surface area contributed by atoms with Gasteiger partial charge in [-0.05, 0) is 71.9 Å². The molecule has 0 fully saturated rings. The first-order chi connectivity index (χ1) is 8.20. The molecule has 2 aromatic rings. The standard InChI is InChI=1S/C12H10Br2O2S/c13-10-3-9(5-15)4-11(14)12(10)16-6-8-1-2-17-7-8/h1-4,7,15H,5-6H2. The minimum atomic E-state index is 0.0159. The van der Waals surface area contributed by atoms with E-state index in [4.69, 9.17) is 9.84 Å². The zero-order valence-electron chi connectivity index (χ0n) is 8.82. The van der Waals surface area contributed by atoms with E-state index >= 15 is 0 Å².